The Kier molecular flexibility index (Phi) is 8.16. The Morgan fingerprint density at radius 3 is 2.24 bits per heavy atom. The van der Waals surface area contributed by atoms with E-state index in [0.29, 0.717) is 53.7 Å². The van der Waals surface area contributed by atoms with Gasteiger partial charge in [0.15, 0.2) is 0 Å². The predicted octanol–water partition coefficient (Wildman–Crippen LogP) is 3.31. The fourth-order valence-corrected chi connectivity index (χ4v) is 3.98. The minimum Gasteiger partial charge on any atom is -0.497 e. The molecule has 1 saturated heterocycles. The fraction of sp³-hybridized carbons (Fsp3) is 0.375. The number of anilines is 1. The van der Waals surface area contributed by atoms with Crippen LogP contribution in [0.15, 0.2) is 42.5 Å². The summed E-state index contributed by atoms with van der Waals surface area (Å²) in [7, 11) is 4.67. The molecule has 9 heteroatoms. The second kappa shape index (κ2) is 11.0. The first-order chi connectivity index (χ1) is 15.8. The summed E-state index contributed by atoms with van der Waals surface area (Å²) in [5, 5.41) is 3.16. The first-order valence-electron chi connectivity index (χ1n) is 10.6. The van der Waals surface area contributed by atoms with Crippen molar-refractivity contribution in [2.45, 2.75) is 12.8 Å². The van der Waals surface area contributed by atoms with E-state index in [0.717, 1.165) is 0 Å². The van der Waals surface area contributed by atoms with Crippen molar-refractivity contribution in [1.29, 1.82) is 0 Å². The summed E-state index contributed by atoms with van der Waals surface area (Å²) in [6.45, 7) is 0.829. The van der Waals surface area contributed by atoms with Gasteiger partial charge in [-0.25, -0.2) is 0 Å². The quantitative estimate of drug-likeness (QED) is 0.666. The zero-order chi connectivity index (χ0) is 24.0. The number of carbonyl (C=O) groups is 3. The number of piperidine rings is 1. The fourth-order valence-electron chi connectivity index (χ4n) is 3.80. The highest BCUT2D eigenvalue weighted by molar-refractivity contribution is 6.33. The first kappa shape index (κ1) is 24.4. The summed E-state index contributed by atoms with van der Waals surface area (Å²) >= 11 is 6.07. The maximum atomic E-state index is 12.9. The number of amides is 3. The third-order valence-corrected chi connectivity index (χ3v) is 5.96. The smallest absolute Gasteiger partial charge is 0.254 e. The largest absolute Gasteiger partial charge is 0.497 e. The second-order valence-electron chi connectivity index (χ2n) is 7.89. The van der Waals surface area contributed by atoms with E-state index in [-0.39, 0.29) is 30.2 Å². The highest BCUT2D eigenvalue weighted by atomic mass is 35.5. The average molecular weight is 474 g/mol. The van der Waals surface area contributed by atoms with Gasteiger partial charge in [0.1, 0.15) is 11.5 Å². The molecule has 0 atom stereocenters. The molecule has 176 valence electrons. The molecule has 0 aromatic heterocycles. The molecule has 1 aliphatic heterocycles. The molecule has 0 saturated carbocycles. The maximum absolute atomic E-state index is 12.9. The Balaban J connectivity index is 1.53. The lowest BCUT2D eigenvalue weighted by Gasteiger charge is -2.33. The number of ether oxygens (including phenoxy) is 2. The minimum absolute atomic E-state index is 0.0766. The number of para-hydroxylation sites is 1. The molecule has 8 nitrogen and oxygen atoms in total. The predicted molar refractivity (Wildman–Crippen MR) is 126 cm³/mol. The van der Waals surface area contributed by atoms with Gasteiger partial charge in [0.05, 0.1) is 31.5 Å². The molecule has 0 bridgehead atoms. The van der Waals surface area contributed by atoms with Gasteiger partial charge in [0.2, 0.25) is 11.8 Å². The number of hydrogen-bond acceptors (Lipinski definition) is 5. The number of likely N-dealkylation sites (N-methyl/N-ethyl adjacent to an activating group) is 1. The van der Waals surface area contributed by atoms with Crippen LogP contribution in [0.1, 0.15) is 23.2 Å². The third-order valence-electron chi connectivity index (χ3n) is 5.63. The van der Waals surface area contributed by atoms with Crippen molar-refractivity contribution in [3.63, 3.8) is 0 Å². The van der Waals surface area contributed by atoms with E-state index >= 15 is 0 Å². The molecule has 33 heavy (non-hydrogen) atoms. The molecule has 1 aliphatic rings. The topological polar surface area (TPSA) is 88.2 Å². The minimum atomic E-state index is -0.321. The number of nitrogens with zero attached hydrogens (tertiary/aromatic N) is 2. The van der Waals surface area contributed by atoms with Gasteiger partial charge in [-0.2, -0.15) is 0 Å². The molecule has 2 aromatic carbocycles. The van der Waals surface area contributed by atoms with Crippen molar-refractivity contribution in [3.8, 4) is 11.5 Å². The zero-order valence-electron chi connectivity index (χ0n) is 19.0. The standard InChI is InChI=1S/C24H28ClN3O5/c1-27(15-22(29)26-21-7-5-4-6-20(21)25)23(30)16-8-10-28(11-9-16)24(31)17-12-18(32-2)14-19(13-17)33-3/h4-7,12-14,16H,8-11,15H2,1-3H3,(H,26,29). The van der Waals surface area contributed by atoms with Crippen LogP contribution in [0.3, 0.4) is 0 Å². The van der Waals surface area contributed by atoms with Crippen LogP contribution in [0.25, 0.3) is 0 Å². The molecule has 1 N–H and O–H groups in total. The molecule has 2 aromatic rings. The van der Waals surface area contributed by atoms with Gasteiger partial charge in [-0.15, -0.1) is 0 Å². The number of methoxy groups -OCH3 is 2. The van der Waals surface area contributed by atoms with Crippen molar-refractivity contribution < 1.29 is 23.9 Å². The summed E-state index contributed by atoms with van der Waals surface area (Å²) in [5.74, 6) is 0.273. The number of rotatable bonds is 7. The van der Waals surface area contributed by atoms with E-state index in [1.807, 2.05) is 0 Å². The molecule has 3 amide bonds. The van der Waals surface area contributed by atoms with Crippen LogP contribution in [0.2, 0.25) is 5.02 Å². The first-order valence-corrected chi connectivity index (χ1v) is 11.0. The number of halogens is 1. The van der Waals surface area contributed by atoms with Crippen molar-refractivity contribution in [1.82, 2.24) is 9.80 Å². The summed E-state index contributed by atoms with van der Waals surface area (Å²) in [4.78, 5) is 41.3. The number of benzene rings is 2. The lowest BCUT2D eigenvalue weighted by molar-refractivity contribution is -0.138. The number of carbonyl (C=O) groups excluding carboxylic acids is 3. The summed E-state index contributed by atoms with van der Waals surface area (Å²) in [6.07, 6.45) is 1.06. The molecule has 0 radical (unpaired) electrons. The van der Waals surface area contributed by atoms with Crippen LogP contribution in [0.4, 0.5) is 5.69 Å². The van der Waals surface area contributed by atoms with Crippen molar-refractivity contribution in [3.05, 3.63) is 53.1 Å². The molecule has 0 unspecified atom stereocenters. The van der Waals surface area contributed by atoms with Gasteiger partial charge in [-0.3, -0.25) is 14.4 Å². The van der Waals surface area contributed by atoms with E-state index in [1.165, 1.54) is 19.1 Å². The van der Waals surface area contributed by atoms with Crippen molar-refractivity contribution >= 4 is 35.0 Å². The van der Waals surface area contributed by atoms with Gasteiger partial charge in [0.25, 0.3) is 5.91 Å². The SMILES string of the molecule is COc1cc(OC)cc(C(=O)N2CCC(C(=O)N(C)CC(=O)Nc3ccccc3Cl)CC2)c1. The van der Waals surface area contributed by atoms with E-state index in [1.54, 1.807) is 54.4 Å². The summed E-state index contributed by atoms with van der Waals surface area (Å²) in [5.41, 5.74) is 0.982. The average Bonchev–Trinajstić information content (AvgIpc) is 2.84. The van der Waals surface area contributed by atoms with E-state index < -0.39 is 0 Å². The highest BCUT2D eigenvalue weighted by Gasteiger charge is 2.30. The lowest BCUT2D eigenvalue weighted by atomic mass is 9.95. The Morgan fingerprint density at radius 1 is 1.06 bits per heavy atom. The number of likely N-dealkylation sites (tertiary alicyclic amines) is 1. The Hall–Kier alpha value is -3.26. The molecule has 1 fully saturated rings. The van der Waals surface area contributed by atoms with Crippen LogP contribution in [-0.2, 0) is 9.59 Å². The van der Waals surface area contributed by atoms with Crippen LogP contribution in [0, 0.1) is 5.92 Å². The number of hydrogen-bond donors (Lipinski definition) is 1. The van der Waals surface area contributed by atoms with Crippen LogP contribution in [0.5, 0.6) is 11.5 Å². The van der Waals surface area contributed by atoms with E-state index in [9.17, 15) is 14.4 Å². The Labute approximate surface area is 198 Å². The summed E-state index contributed by atoms with van der Waals surface area (Å²) in [6, 6.07) is 12.0. The third kappa shape index (κ3) is 6.16. The van der Waals surface area contributed by atoms with Gasteiger partial charge < -0.3 is 24.6 Å². The number of nitrogens with one attached hydrogen (secondary N) is 1. The van der Waals surface area contributed by atoms with Gasteiger partial charge in [-0.1, -0.05) is 23.7 Å². The summed E-state index contributed by atoms with van der Waals surface area (Å²) < 4.78 is 10.5. The molecule has 0 spiro atoms. The van der Waals surface area contributed by atoms with Crippen LogP contribution >= 0.6 is 11.6 Å². The van der Waals surface area contributed by atoms with Crippen LogP contribution < -0.4 is 14.8 Å². The molecule has 0 aliphatic carbocycles. The lowest BCUT2D eigenvalue weighted by Crippen LogP contribution is -2.45. The van der Waals surface area contributed by atoms with E-state index in [2.05, 4.69) is 5.32 Å². The normalized spacial score (nSPS) is 13.9. The monoisotopic (exact) mass is 473 g/mol. The van der Waals surface area contributed by atoms with Crippen molar-refractivity contribution in [2.75, 3.05) is 46.2 Å². The van der Waals surface area contributed by atoms with Crippen molar-refractivity contribution in [2.24, 2.45) is 5.92 Å². The van der Waals surface area contributed by atoms with Gasteiger partial charge in [0, 0.05) is 37.7 Å². The van der Waals surface area contributed by atoms with Gasteiger partial charge >= 0.3 is 0 Å². The zero-order valence-corrected chi connectivity index (χ0v) is 19.7. The van der Waals surface area contributed by atoms with E-state index in [4.69, 9.17) is 21.1 Å². The van der Waals surface area contributed by atoms with Crippen LogP contribution in [-0.4, -0.2) is 68.4 Å². The molecular formula is C24H28ClN3O5. The van der Waals surface area contributed by atoms with Gasteiger partial charge in [-0.05, 0) is 37.1 Å². The Morgan fingerprint density at radius 2 is 1.67 bits per heavy atom. The Bertz CT molecular complexity index is 999. The second-order valence-corrected chi connectivity index (χ2v) is 8.30. The maximum Gasteiger partial charge on any atom is 0.254 e. The molecule has 3 rings (SSSR count). The molecule has 1 heterocycles. The highest BCUT2D eigenvalue weighted by Crippen LogP contribution is 2.26. The molecular weight excluding hydrogens is 446 g/mol.